The predicted octanol–water partition coefficient (Wildman–Crippen LogP) is 3.77. The van der Waals surface area contributed by atoms with Crippen molar-refractivity contribution in [2.45, 2.75) is 39.8 Å². The van der Waals surface area contributed by atoms with E-state index in [1.54, 1.807) is 6.07 Å². The lowest BCUT2D eigenvalue weighted by molar-refractivity contribution is -0.124. The molecule has 2 rings (SSSR count). The van der Waals surface area contributed by atoms with Crippen molar-refractivity contribution in [2.75, 3.05) is 0 Å². The number of hydrogen-bond donors (Lipinski definition) is 2. The molecule has 2 amide bonds. The van der Waals surface area contributed by atoms with Crippen molar-refractivity contribution in [1.29, 1.82) is 0 Å². The van der Waals surface area contributed by atoms with Crippen molar-refractivity contribution in [3.05, 3.63) is 71.0 Å². The van der Waals surface area contributed by atoms with Gasteiger partial charge in [-0.3, -0.25) is 9.59 Å². The lowest BCUT2D eigenvalue weighted by Gasteiger charge is -2.25. The standard InChI is InChI=1S/C21H25FN2O2/c1-13(2)19(24-20(25)17-11-7-8-12-18(17)22)21(26)23-15(4)16-10-6-5-9-14(16)3/h5-13,15,19H,1-4H3,(H,23,26)(H,24,25). The van der Waals surface area contributed by atoms with E-state index in [1.807, 2.05) is 52.0 Å². The van der Waals surface area contributed by atoms with E-state index in [0.717, 1.165) is 11.1 Å². The minimum atomic E-state index is -0.756. The second kappa shape index (κ2) is 8.61. The van der Waals surface area contributed by atoms with E-state index in [-0.39, 0.29) is 23.4 Å². The Hall–Kier alpha value is -2.69. The molecule has 138 valence electrons. The van der Waals surface area contributed by atoms with Crippen molar-refractivity contribution in [3.8, 4) is 0 Å². The first-order chi connectivity index (χ1) is 12.3. The molecule has 2 unspecified atom stereocenters. The maximum Gasteiger partial charge on any atom is 0.254 e. The lowest BCUT2D eigenvalue weighted by atomic mass is 9.99. The summed E-state index contributed by atoms with van der Waals surface area (Å²) in [5.41, 5.74) is 2.03. The Kier molecular flexibility index (Phi) is 6.50. The molecule has 2 atom stereocenters. The number of halogens is 1. The fourth-order valence-corrected chi connectivity index (χ4v) is 2.85. The quantitative estimate of drug-likeness (QED) is 0.828. The summed E-state index contributed by atoms with van der Waals surface area (Å²) in [5.74, 6) is -1.64. The average molecular weight is 356 g/mol. The van der Waals surface area contributed by atoms with Crippen molar-refractivity contribution in [3.63, 3.8) is 0 Å². The van der Waals surface area contributed by atoms with E-state index >= 15 is 0 Å². The molecule has 0 saturated heterocycles. The summed E-state index contributed by atoms with van der Waals surface area (Å²) in [5, 5.41) is 5.60. The van der Waals surface area contributed by atoms with Gasteiger partial charge in [-0.2, -0.15) is 0 Å². The summed E-state index contributed by atoms with van der Waals surface area (Å²) in [6.07, 6.45) is 0. The number of hydrogen-bond acceptors (Lipinski definition) is 2. The monoisotopic (exact) mass is 356 g/mol. The third kappa shape index (κ3) is 4.69. The number of aryl methyl sites for hydroxylation is 1. The molecule has 0 aliphatic heterocycles. The molecule has 5 heteroatoms. The van der Waals surface area contributed by atoms with Crippen LogP contribution in [0.25, 0.3) is 0 Å². The highest BCUT2D eigenvalue weighted by molar-refractivity contribution is 5.97. The Balaban J connectivity index is 2.11. The zero-order valence-electron chi connectivity index (χ0n) is 15.5. The highest BCUT2D eigenvalue weighted by Crippen LogP contribution is 2.17. The highest BCUT2D eigenvalue weighted by atomic mass is 19.1. The van der Waals surface area contributed by atoms with E-state index in [9.17, 15) is 14.0 Å². The summed E-state index contributed by atoms with van der Waals surface area (Å²) in [7, 11) is 0. The van der Waals surface area contributed by atoms with Gasteiger partial charge in [0, 0.05) is 0 Å². The first-order valence-corrected chi connectivity index (χ1v) is 8.72. The topological polar surface area (TPSA) is 58.2 Å². The smallest absolute Gasteiger partial charge is 0.254 e. The lowest BCUT2D eigenvalue weighted by Crippen LogP contribution is -2.50. The predicted molar refractivity (Wildman–Crippen MR) is 100 cm³/mol. The van der Waals surface area contributed by atoms with Gasteiger partial charge >= 0.3 is 0 Å². The molecule has 0 aromatic heterocycles. The molecule has 4 nitrogen and oxygen atoms in total. The Labute approximate surface area is 153 Å². The second-order valence-corrected chi connectivity index (χ2v) is 6.76. The maximum atomic E-state index is 13.8. The highest BCUT2D eigenvalue weighted by Gasteiger charge is 2.27. The Morgan fingerprint density at radius 2 is 1.54 bits per heavy atom. The van der Waals surface area contributed by atoms with Crippen LogP contribution in [0.2, 0.25) is 0 Å². The van der Waals surface area contributed by atoms with Gasteiger partial charge in [0.05, 0.1) is 11.6 Å². The van der Waals surface area contributed by atoms with Gasteiger partial charge in [-0.15, -0.1) is 0 Å². The van der Waals surface area contributed by atoms with Gasteiger partial charge in [-0.1, -0.05) is 50.2 Å². The van der Waals surface area contributed by atoms with Gasteiger partial charge < -0.3 is 10.6 Å². The van der Waals surface area contributed by atoms with Crippen LogP contribution < -0.4 is 10.6 Å². The minimum absolute atomic E-state index is 0.0714. The second-order valence-electron chi connectivity index (χ2n) is 6.76. The van der Waals surface area contributed by atoms with E-state index in [1.165, 1.54) is 18.2 Å². The third-order valence-corrected chi connectivity index (χ3v) is 4.37. The summed E-state index contributed by atoms with van der Waals surface area (Å²) < 4.78 is 13.8. The molecule has 0 bridgehead atoms. The zero-order valence-corrected chi connectivity index (χ0v) is 15.5. The summed E-state index contributed by atoms with van der Waals surface area (Å²) in [4.78, 5) is 25.1. The third-order valence-electron chi connectivity index (χ3n) is 4.37. The maximum absolute atomic E-state index is 13.8. The Morgan fingerprint density at radius 3 is 2.15 bits per heavy atom. The van der Waals surface area contributed by atoms with Crippen LogP contribution in [-0.4, -0.2) is 17.9 Å². The number of amides is 2. The molecule has 26 heavy (non-hydrogen) atoms. The minimum Gasteiger partial charge on any atom is -0.348 e. The number of benzene rings is 2. The van der Waals surface area contributed by atoms with Crippen LogP contribution in [0.5, 0.6) is 0 Å². The summed E-state index contributed by atoms with van der Waals surface area (Å²) in [6.45, 7) is 7.56. The largest absolute Gasteiger partial charge is 0.348 e. The van der Waals surface area contributed by atoms with Gasteiger partial charge in [-0.05, 0) is 43.0 Å². The van der Waals surface area contributed by atoms with Crippen LogP contribution in [0.4, 0.5) is 4.39 Å². The van der Waals surface area contributed by atoms with Crippen LogP contribution in [0.1, 0.15) is 48.3 Å². The van der Waals surface area contributed by atoms with E-state index in [0.29, 0.717) is 0 Å². The van der Waals surface area contributed by atoms with Crippen LogP contribution >= 0.6 is 0 Å². The Morgan fingerprint density at radius 1 is 0.923 bits per heavy atom. The van der Waals surface area contributed by atoms with Gasteiger partial charge in [-0.25, -0.2) is 4.39 Å². The zero-order chi connectivity index (χ0) is 19.3. The fourth-order valence-electron chi connectivity index (χ4n) is 2.85. The van der Waals surface area contributed by atoms with Crippen LogP contribution in [0.15, 0.2) is 48.5 Å². The van der Waals surface area contributed by atoms with Gasteiger partial charge in [0.1, 0.15) is 11.9 Å². The van der Waals surface area contributed by atoms with Crippen molar-refractivity contribution < 1.29 is 14.0 Å². The average Bonchev–Trinajstić information content (AvgIpc) is 2.59. The molecule has 0 fully saturated rings. The van der Waals surface area contributed by atoms with Crippen molar-refractivity contribution in [2.24, 2.45) is 5.92 Å². The van der Waals surface area contributed by atoms with Crippen LogP contribution in [-0.2, 0) is 4.79 Å². The fraction of sp³-hybridized carbons (Fsp3) is 0.333. The number of carbonyl (C=O) groups excluding carboxylic acids is 2. The van der Waals surface area contributed by atoms with Crippen LogP contribution in [0, 0.1) is 18.7 Å². The van der Waals surface area contributed by atoms with E-state index < -0.39 is 17.8 Å². The Bertz CT molecular complexity index is 789. The van der Waals surface area contributed by atoms with Gasteiger partial charge in [0.15, 0.2) is 0 Å². The van der Waals surface area contributed by atoms with Gasteiger partial charge in [0.2, 0.25) is 5.91 Å². The molecule has 0 spiro atoms. The molecule has 2 aromatic carbocycles. The van der Waals surface area contributed by atoms with Crippen molar-refractivity contribution >= 4 is 11.8 Å². The molecular formula is C21H25FN2O2. The summed E-state index contributed by atoms with van der Waals surface area (Å²) >= 11 is 0. The molecule has 0 radical (unpaired) electrons. The molecule has 0 aliphatic carbocycles. The van der Waals surface area contributed by atoms with E-state index in [2.05, 4.69) is 10.6 Å². The summed E-state index contributed by atoms with van der Waals surface area (Å²) in [6, 6.07) is 12.6. The van der Waals surface area contributed by atoms with Crippen molar-refractivity contribution in [1.82, 2.24) is 10.6 Å². The number of rotatable bonds is 6. The first-order valence-electron chi connectivity index (χ1n) is 8.72. The number of nitrogens with one attached hydrogen (secondary N) is 2. The molecule has 2 N–H and O–H groups in total. The molecule has 0 heterocycles. The van der Waals surface area contributed by atoms with Gasteiger partial charge in [0.25, 0.3) is 5.91 Å². The molecule has 2 aromatic rings. The molecular weight excluding hydrogens is 331 g/mol. The molecule has 0 saturated carbocycles. The SMILES string of the molecule is Cc1ccccc1C(C)NC(=O)C(NC(=O)c1ccccc1F)C(C)C. The first kappa shape index (κ1) is 19.6. The normalized spacial score (nSPS) is 13.2. The number of carbonyl (C=O) groups is 2. The van der Waals surface area contributed by atoms with Crippen LogP contribution in [0.3, 0.4) is 0 Å². The van der Waals surface area contributed by atoms with E-state index in [4.69, 9.17) is 0 Å². The molecule has 0 aliphatic rings.